The highest BCUT2D eigenvalue weighted by Crippen LogP contribution is 2.04. The minimum absolute atomic E-state index is 0. The molecule has 0 radical (unpaired) electrons. The summed E-state index contributed by atoms with van der Waals surface area (Å²) in [5, 5.41) is 10.3. The molecule has 0 bridgehead atoms. The average Bonchev–Trinajstić information content (AvgIpc) is 3.40. The van der Waals surface area contributed by atoms with Gasteiger partial charge in [0.15, 0.2) is 0 Å². The maximum atomic E-state index is 10.2. The van der Waals surface area contributed by atoms with Crippen molar-refractivity contribution in [1.82, 2.24) is 21.3 Å². The van der Waals surface area contributed by atoms with E-state index in [9.17, 15) is 33.6 Å². The van der Waals surface area contributed by atoms with Gasteiger partial charge in [-0.05, 0) is 98.1 Å². The summed E-state index contributed by atoms with van der Waals surface area (Å²) in [4.78, 5) is 69.6. The molecule has 0 spiro atoms. The van der Waals surface area contributed by atoms with Crippen molar-refractivity contribution in [3.8, 4) is 0 Å². The van der Waals surface area contributed by atoms with Crippen LogP contribution in [0.3, 0.4) is 0 Å². The number of nitrogens with one attached hydrogen (secondary N) is 4. The molecule has 4 N–H and O–H groups in total. The van der Waals surface area contributed by atoms with E-state index in [4.69, 9.17) is 0 Å². The molecular weight excluding hydrogens is 1140 g/mol. The van der Waals surface area contributed by atoms with Crippen molar-refractivity contribution in [2.75, 3.05) is 47.0 Å². The number of carbonyl (C=O) groups excluding carboxylic acids is 7. The van der Waals surface area contributed by atoms with Crippen molar-refractivity contribution in [2.24, 2.45) is 0 Å². The zero-order chi connectivity index (χ0) is 63.1. The van der Waals surface area contributed by atoms with Gasteiger partial charge in [-0.3, -0.25) is 33.6 Å². The second-order valence-corrected chi connectivity index (χ2v) is 17.9. The molecule has 0 unspecified atom stereocenters. The van der Waals surface area contributed by atoms with Gasteiger partial charge < -0.3 is 35.5 Å². The summed E-state index contributed by atoms with van der Waals surface area (Å²) in [6, 6.07) is 34.2. The lowest BCUT2D eigenvalue weighted by molar-refractivity contribution is -0.141. The third kappa shape index (κ3) is 142. The van der Waals surface area contributed by atoms with Gasteiger partial charge in [0.2, 0.25) is 23.6 Å². The van der Waals surface area contributed by atoms with Gasteiger partial charge in [0.05, 0.1) is 20.3 Å². The van der Waals surface area contributed by atoms with Crippen LogP contribution in [-0.2, 0) is 60.6 Å². The Bertz CT molecular complexity index is 2000. The van der Waals surface area contributed by atoms with Gasteiger partial charge in [-0.2, -0.15) is 0 Å². The number of ether oxygens (including phenoxy) is 3. The molecule has 0 saturated carbocycles. The third-order valence-electron chi connectivity index (χ3n) is 9.32. The van der Waals surface area contributed by atoms with Gasteiger partial charge in [0.25, 0.3) is 0 Å². The lowest BCUT2D eigenvalue weighted by atomic mass is 10.1. The molecule has 0 atom stereocenters. The Morgan fingerprint density at radius 3 is 0.868 bits per heavy atom. The first kappa shape index (κ1) is 133. The third-order valence-corrected chi connectivity index (χ3v) is 9.32. The highest BCUT2D eigenvalue weighted by Gasteiger charge is 1.90. The molecule has 14 nitrogen and oxygen atoms in total. The maximum absolute atomic E-state index is 10.2. The molecule has 4 aromatic carbocycles. The van der Waals surface area contributed by atoms with E-state index in [1.807, 2.05) is 20.8 Å². The van der Waals surface area contributed by atoms with Crippen LogP contribution in [0.25, 0.3) is 0 Å². The second-order valence-electron chi connectivity index (χ2n) is 17.9. The van der Waals surface area contributed by atoms with Crippen LogP contribution >= 0.6 is 0 Å². The molecule has 0 aliphatic rings. The zero-order valence-electron chi connectivity index (χ0n) is 54.0. The summed E-state index contributed by atoms with van der Waals surface area (Å²) in [5.41, 5.74) is 10.9. The normalized spacial score (nSPS) is 7.58. The van der Waals surface area contributed by atoms with Gasteiger partial charge in [-0.25, -0.2) is 0 Å². The van der Waals surface area contributed by atoms with Gasteiger partial charge >= 0.3 is 17.9 Å². The molecule has 14 heteroatoms. The number of benzene rings is 4. The zero-order valence-corrected chi connectivity index (χ0v) is 54.0. The number of rotatable bonds is 13. The van der Waals surface area contributed by atoms with E-state index < -0.39 is 0 Å². The molecule has 4 amide bonds. The summed E-state index contributed by atoms with van der Waals surface area (Å²) in [6.45, 7) is 40.7. The monoisotopic (exact) mass is 1300 g/mol. The van der Waals surface area contributed by atoms with E-state index in [1.165, 1.54) is 100 Å². The van der Waals surface area contributed by atoms with Crippen LogP contribution in [0.1, 0.15) is 262 Å². The van der Waals surface area contributed by atoms with Crippen molar-refractivity contribution in [1.29, 1.82) is 0 Å². The maximum Gasteiger partial charge on any atom is 0.302 e. The number of hydrogen-bond acceptors (Lipinski definition) is 10. The van der Waals surface area contributed by atoms with Crippen LogP contribution in [0.2, 0.25) is 0 Å². The Hall–Kier alpha value is -6.83. The predicted molar refractivity (Wildman–Crippen MR) is 410 cm³/mol. The molecule has 0 heterocycles. The largest absolute Gasteiger partial charge is 0.469 e. The first-order valence-electron chi connectivity index (χ1n) is 28.0. The molecule has 0 fully saturated rings. The molecule has 0 aromatic heterocycles. The number of esters is 3. The minimum atomic E-state index is -0.245. The quantitative estimate of drug-likeness (QED) is 0.0568. The van der Waals surface area contributed by atoms with Crippen LogP contribution in [0.4, 0.5) is 0 Å². The summed E-state index contributed by atoms with van der Waals surface area (Å²) >= 11 is 0. The van der Waals surface area contributed by atoms with Crippen LogP contribution in [0, 0.1) is 41.5 Å². The number of hydrogen-bond donors (Lipinski definition) is 4. The van der Waals surface area contributed by atoms with Gasteiger partial charge in [0, 0.05) is 75.1 Å². The number of aryl methyl sites for hydroxylation is 8. The van der Waals surface area contributed by atoms with E-state index in [1.54, 1.807) is 7.05 Å². The Morgan fingerprint density at radius 1 is 0.352 bits per heavy atom. The summed E-state index contributed by atoms with van der Waals surface area (Å²) in [6.07, 6.45) is 8.47. The van der Waals surface area contributed by atoms with Crippen molar-refractivity contribution < 1.29 is 47.8 Å². The molecule has 4 rings (SSSR count). The van der Waals surface area contributed by atoms with E-state index >= 15 is 0 Å². The average molecular weight is 1300 g/mol. The fraction of sp³-hybridized carbons (Fsp3) is 0.597. The Labute approximate surface area is 568 Å². The number of unbranched alkanes of at least 4 members (excludes halogenated alkanes) is 2. The second kappa shape index (κ2) is 102. The van der Waals surface area contributed by atoms with Crippen molar-refractivity contribution >= 4 is 41.5 Å². The first-order chi connectivity index (χ1) is 37.6. The Morgan fingerprint density at radius 2 is 0.670 bits per heavy atom. The molecule has 544 valence electrons. The van der Waals surface area contributed by atoms with Crippen molar-refractivity contribution in [3.05, 3.63) is 142 Å². The summed E-state index contributed by atoms with van der Waals surface area (Å²) in [5.74, 6) is -0.451. The molecule has 0 aliphatic heterocycles. The first-order valence-corrected chi connectivity index (χ1v) is 28.0. The van der Waals surface area contributed by atoms with Gasteiger partial charge in [-0.1, -0.05) is 267 Å². The van der Waals surface area contributed by atoms with Crippen LogP contribution in [0.15, 0.2) is 97.1 Å². The number of carbonyl (C=O) groups is 7. The minimum Gasteiger partial charge on any atom is -0.469 e. The van der Waals surface area contributed by atoms with Gasteiger partial charge in [0.1, 0.15) is 0 Å². The standard InChI is InChI=1S/2C9H12.2C8H10.C6H13NO.C6H12O2.C5H11NO.C5H10O2.C4H9NO.C3H7NO.C3H6O2.11CH4/c1-3-9-6-4-8(2)5-7-9;1-3-9-6-4-5-8(2)7-9;1-7-3-5-8(2)6-4-7;1-7-4-3-5-8(2)6-7;1-3-4-5-7-6(2)8;1-3-4-5-8-6(2)7;1-3-4-6-5(2)7;1-3-4-7-5(2)6;1-3-5-4(2)6;1-3(5)4-2;1-3(4)5-2;;;;;;;;;;;/h2*4-7H,3H2,1-2H3;2*3-6H,1-2H3;3-5H2,1-2H3,(H,7,8);3-5H2,1-2H3;3-4H2,1-2H3,(H,6,7);3-4H2,1-2H3;3H2,1-2H3,(H,5,6);1-2H3,(H,4,5);1-2H3;11*1H4. The lowest BCUT2D eigenvalue weighted by Gasteiger charge is -1.96. The molecule has 4 aromatic rings. The Balaban J connectivity index is -0.0000000400. The van der Waals surface area contributed by atoms with Crippen LogP contribution in [-0.4, -0.2) is 88.5 Å². The molecule has 0 saturated heterocycles. The fourth-order valence-electron chi connectivity index (χ4n) is 4.80. The lowest BCUT2D eigenvalue weighted by Crippen LogP contribution is -2.20. The highest BCUT2D eigenvalue weighted by molar-refractivity contribution is 5.73. The highest BCUT2D eigenvalue weighted by atomic mass is 16.5. The Kier molecular flexibility index (Phi) is 149. The molecular formula is C77H156N4O10. The van der Waals surface area contributed by atoms with Crippen LogP contribution in [0.5, 0.6) is 0 Å². The van der Waals surface area contributed by atoms with Gasteiger partial charge in [-0.15, -0.1) is 0 Å². The molecule has 91 heavy (non-hydrogen) atoms. The summed E-state index contributed by atoms with van der Waals surface area (Å²) in [7, 11) is 2.95. The van der Waals surface area contributed by atoms with E-state index in [0.717, 1.165) is 71.0 Å². The SMILES string of the molecule is C.C.C.C.C.C.C.C.C.C.C.CCCCNC(C)=O.CCCCOC(C)=O.CCCNC(C)=O.CCCOC(C)=O.CCNC(C)=O.CCc1ccc(C)cc1.CCc1cccc(C)c1.CNC(C)=O.COC(C)=O.Cc1ccc(C)cc1.Cc1cccc(C)c1. The smallest absolute Gasteiger partial charge is 0.302 e. The van der Waals surface area contributed by atoms with E-state index in [0.29, 0.717) is 13.2 Å². The van der Waals surface area contributed by atoms with E-state index in [2.05, 4.69) is 202 Å². The van der Waals surface area contributed by atoms with Crippen LogP contribution < -0.4 is 21.3 Å². The van der Waals surface area contributed by atoms with E-state index in [-0.39, 0.29) is 123 Å². The number of amides is 4. The number of methoxy groups -OCH3 is 1. The molecule has 0 aliphatic carbocycles. The fourth-order valence-corrected chi connectivity index (χ4v) is 4.80. The van der Waals surface area contributed by atoms with Crippen molar-refractivity contribution in [3.63, 3.8) is 0 Å². The predicted octanol–water partition coefficient (Wildman–Crippen LogP) is 20.6. The van der Waals surface area contributed by atoms with Crippen molar-refractivity contribution in [2.45, 2.75) is 272 Å². The topological polar surface area (TPSA) is 195 Å². The summed E-state index contributed by atoms with van der Waals surface area (Å²) < 4.78 is 13.3.